The molecule has 0 bridgehead atoms. The highest BCUT2D eigenvalue weighted by molar-refractivity contribution is 5.97. The molecular weight excluding hydrogens is 534 g/mol. The predicted octanol–water partition coefficient (Wildman–Crippen LogP) is 7.17. The number of ether oxygens (including phenoxy) is 2. The second-order valence-electron chi connectivity index (χ2n) is 12.0. The summed E-state index contributed by atoms with van der Waals surface area (Å²) in [6, 6.07) is 15.1. The van der Waals surface area contributed by atoms with E-state index in [4.69, 9.17) is 14.5 Å². The molecule has 0 aliphatic carbocycles. The van der Waals surface area contributed by atoms with Gasteiger partial charge in [-0.15, -0.1) is 0 Å². The van der Waals surface area contributed by atoms with E-state index in [-0.39, 0.29) is 29.6 Å². The average molecular weight is 570 g/mol. The Bertz CT molecular complexity index is 1740. The lowest BCUT2D eigenvalue weighted by atomic mass is 10.0. The molecule has 0 radical (unpaired) electrons. The summed E-state index contributed by atoms with van der Waals surface area (Å²) in [7, 11) is 0. The predicted molar refractivity (Wildman–Crippen MR) is 160 cm³/mol. The Hall–Kier alpha value is -4.65. The SMILES string of the molecule is Cc1c(OC2CCN(C(=O)OC(C)(C)C)CC2)c([N+](=O)[O-])cc2c1nc(C(C)C)n2-c1ccc(C#N)c2ccccc12. The highest BCUT2D eigenvalue weighted by Crippen LogP contribution is 2.41. The van der Waals surface area contributed by atoms with E-state index >= 15 is 0 Å². The summed E-state index contributed by atoms with van der Waals surface area (Å²) >= 11 is 0. The van der Waals surface area contributed by atoms with Crippen LogP contribution in [0.4, 0.5) is 10.5 Å². The summed E-state index contributed by atoms with van der Waals surface area (Å²) in [6.45, 7) is 12.2. The van der Waals surface area contributed by atoms with Gasteiger partial charge in [0.15, 0.2) is 0 Å². The average Bonchev–Trinajstić information content (AvgIpc) is 3.33. The van der Waals surface area contributed by atoms with E-state index in [2.05, 4.69) is 6.07 Å². The zero-order valence-corrected chi connectivity index (χ0v) is 24.8. The van der Waals surface area contributed by atoms with Gasteiger partial charge >= 0.3 is 11.8 Å². The van der Waals surface area contributed by atoms with Crippen molar-refractivity contribution in [3.8, 4) is 17.5 Å². The van der Waals surface area contributed by atoms with E-state index in [1.807, 2.05) is 69.5 Å². The lowest BCUT2D eigenvalue weighted by Crippen LogP contribution is -2.44. The fourth-order valence-corrected chi connectivity index (χ4v) is 5.50. The minimum absolute atomic E-state index is 0.00631. The first-order valence-corrected chi connectivity index (χ1v) is 14.2. The highest BCUT2D eigenvalue weighted by atomic mass is 16.6. The Kier molecular flexibility index (Phi) is 7.54. The standard InChI is InChI=1S/C32H35N5O5/c1-19(2)30-34-28-20(3)29(41-22-13-15-35(16-14-22)31(38)42-32(4,5)6)27(37(39)40)17-26(28)36(30)25-12-11-21(18-33)23-9-7-8-10-24(23)25/h7-12,17,19,22H,13-16H2,1-6H3. The number of imidazole rings is 1. The van der Waals surface area contributed by atoms with Crippen LogP contribution in [0.25, 0.3) is 27.5 Å². The Morgan fingerprint density at radius 2 is 1.81 bits per heavy atom. The zero-order chi connectivity index (χ0) is 30.3. The van der Waals surface area contributed by atoms with E-state index < -0.39 is 10.5 Å². The third kappa shape index (κ3) is 5.34. The van der Waals surface area contributed by atoms with E-state index in [1.165, 1.54) is 0 Å². The summed E-state index contributed by atoms with van der Waals surface area (Å²) in [4.78, 5) is 31.1. The molecule has 1 amide bonds. The number of piperidine rings is 1. The molecule has 10 nitrogen and oxygen atoms in total. The zero-order valence-electron chi connectivity index (χ0n) is 24.8. The minimum Gasteiger partial charge on any atom is -0.483 e. The van der Waals surface area contributed by atoms with Gasteiger partial charge in [0.1, 0.15) is 17.5 Å². The number of hydrogen-bond acceptors (Lipinski definition) is 7. The first kappa shape index (κ1) is 28.9. The van der Waals surface area contributed by atoms with Crippen LogP contribution in [0.15, 0.2) is 42.5 Å². The molecule has 42 heavy (non-hydrogen) atoms. The number of nitrogens with zero attached hydrogens (tertiary/aromatic N) is 5. The van der Waals surface area contributed by atoms with Crippen molar-refractivity contribution >= 4 is 33.6 Å². The normalized spacial score (nSPS) is 14.4. The van der Waals surface area contributed by atoms with Crippen molar-refractivity contribution in [2.24, 2.45) is 0 Å². The number of hydrogen-bond donors (Lipinski definition) is 0. The second-order valence-corrected chi connectivity index (χ2v) is 12.0. The molecule has 1 aromatic heterocycles. The Morgan fingerprint density at radius 3 is 2.40 bits per heavy atom. The van der Waals surface area contributed by atoms with Crippen molar-refractivity contribution in [1.29, 1.82) is 5.26 Å². The van der Waals surface area contributed by atoms with Gasteiger partial charge in [0.2, 0.25) is 5.75 Å². The molecule has 0 spiro atoms. The van der Waals surface area contributed by atoms with Crippen LogP contribution in [0, 0.1) is 28.4 Å². The van der Waals surface area contributed by atoms with E-state index in [1.54, 1.807) is 24.0 Å². The van der Waals surface area contributed by atoms with Crippen molar-refractivity contribution in [1.82, 2.24) is 14.5 Å². The third-order valence-electron chi connectivity index (χ3n) is 7.49. The van der Waals surface area contributed by atoms with Crippen LogP contribution in [-0.4, -0.2) is 50.3 Å². The van der Waals surface area contributed by atoms with Crippen molar-refractivity contribution in [2.45, 2.75) is 72.0 Å². The molecule has 5 rings (SSSR count). The van der Waals surface area contributed by atoms with Gasteiger partial charge < -0.3 is 14.4 Å². The molecule has 3 aromatic carbocycles. The maximum Gasteiger partial charge on any atom is 0.410 e. The van der Waals surface area contributed by atoms with Gasteiger partial charge in [-0.25, -0.2) is 9.78 Å². The molecule has 1 aliphatic heterocycles. The largest absolute Gasteiger partial charge is 0.483 e. The molecule has 1 saturated heterocycles. The number of rotatable bonds is 5. The molecule has 2 heterocycles. The van der Waals surface area contributed by atoms with E-state index in [0.717, 1.165) is 22.3 Å². The Balaban J connectivity index is 1.57. The van der Waals surface area contributed by atoms with E-state index in [9.17, 15) is 20.2 Å². The van der Waals surface area contributed by atoms with Crippen LogP contribution in [0.1, 0.15) is 70.3 Å². The van der Waals surface area contributed by atoms with Gasteiger partial charge in [0.25, 0.3) is 0 Å². The lowest BCUT2D eigenvalue weighted by molar-refractivity contribution is -0.386. The number of aromatic nitrogens is 2. The molecule has 0 saturated carbocycles. The Labute approximate surface area is 244 Å². The molecule has 10 heteroatoms. The number of nitro groups is 1. The van der Waals surface area contributed by atoms with Crippen LogP contribution in [0.3, 0.4) is 0 Å². The van der Waals surface area contributed by atoms with Crippen LogP contribution in [0.2, 0.25) is 0 Å². The van der Waals surface area contributed by atoms with Crippen molar-refractivity contribution in [3.05, 3.63) is 69.5 Å². The highest BCUT2D eigenvalue weighted by Gasteiger charge is 2.32. The van der Waals surface area contributed by atoms with Gasteiger partial charge in [0.05, 0.1) is 33.3 Å². The number of carbonyl (C=O) groups is 1. The topological polar surface area (TPSA) is 124 Å². The first-order valence-electron chi connectivity index (χ1n) is 14.2. The number of aryl methyl sites for hydroxylation is 1. The number of fused-ring (bicyclic) bond motifs is 2. The fraction of sp³-hybridized carbons (Fsp3) is 0.406. The Morgan fingerprint density at radius 1 is 1.14 bits per heavy atom. The quantitative estimate of drug-likeness (QED) is 0.184. The maximum atomic E-state index is 12.5. The van der Waals surface area contributed by atoms with Gasteiger partial charge in [0, 0.05) is 54.3 Å². The number of amides is 1. The summed E-state index contributed by atoms with van der Waals surface area (Å²) < 4.78 is 13.8. The molecule has 0 unspecified atom stereocenters. The number of nitriles is 1. The maximum absolute atomic E-state index is 12.5. The van der Waals surface area contributed by atoms with Gasteiger partial charge in [-0.1, -0.05) is 38.1 Å². The molecule has 218 valence electrons. The van der Waals surface area contributed by atoms with Crippen LogP contribution >= 0.6 is 0 Å². The number of carbonyl (C=O) groups excluding carboxylic acids is 1. The summed E-state index contributed by atoms with van der Waals surface area (Å²) in [5.41, 5.74) is 2.45. The minimum atomic E-state index is -0.583. The lowest BCUT2D eigenvalue weighted by Gasteiger charge is -2.33. The molecule has 1 aliphatic rings. The smallest absolute Gasteiger partial charge is 0.410 e. The van der Waals surface area contributed by atoms with Gasteiger partial charge in [-0.05, 0) is 39.8 Å². The summed E-state index contributed by atoms with van der Waals surface area (Å²) in [5, 5.41) is 23.7. The third-order valence-corrected chi connectivity index (χ3v) is 7.49. The van der Waals surface area contributed by atoms with Crippen molar-refractivity contribution < 1.29 is 19.2 Å². The molecule has 0 atom stereocenters. The molecule has 1 fully saturated rings. The van der Waals surface area contributed by atoms with E-state index in [0.29, 0.717) is 48.1 Å². The second kappa shape index (κ2) is 11.0. The van der Waals surface area contributed by atoms with Gasteiger partial charge in [-0.2, -0.15) is 5.26 Å². The van der Waals surface area contributed by atoms with Crippen molar-refractivity contribution in [3.63, 3.8) is 0 Å². The molecule has 0 N–H and O–H groups in total. The van der Waals surface area contributed by atoms with Gasteiger partial charge in [-0.3, -0.25) is 14.7 Å². The first-order chi connectivity index (χ1) is 19.9. The number of benzene rings is 3. The fourth-order valence-electron chi connectivity index (χ4n) is 5.50. The summed E-state index contributed by atoms with van der Waals surface area (Å²) in [5.74, 6) is 0.958. The number of nitro benzene ring substituents is 1. The van der Waals surface area contributed by atoms with Crippen LogP contribution in [-0.2, 0) is 4.74 Å². The monoisotopic (exact) mass is 569 g/mol. The van der Waals surface area contributed by atoms with Crippen molar-refractivity contribution in [2.75, 3.05) is 13.1 Å². The molecule has 4 aromatic rings. The van der Waals surface area contributed by atoms with Crippen LogP contribution < -0.4 is 4.74 Å². The van der Waals surface area contributed by atoms with Crippen LogP contribution in [0.5, 0.6) is 5.75 Å². The summed E-state index contributed by atoms with van der Waals surface area (Å²) in [6.07, 6.45) is 0.382. The number of likely N-dealkylation sites (tertiary alicyclic amines) is 1. The molecular formula is C32H35N5O5.